The van der Waals surface area contributed by atoms with Gasteiger partial charge in [-0.15, -0.1) is 0 Å². The third kappa shape index (κ3) is 5.50. The first-order valence-electron chi connectivity index (χ1n) is 7.93. The molecule has 1 aromatic heterocycles. The lowest BCUT2D eigenvalue weighted by Gasteiger charge is -2.15. The van der Waals surface area contributed by atoms with E-state index in [4.69, 9.17) is 14.2 Å². The molecule has 1 heterocycles. The van der Waals surface area contributed by atoms with E-state index in [9.17, 15) is 0 Å². The molecule has 1 atom stereocenters. The van der Waals surface area contributed by atoms with Gasteiger partial charge in [-0.3, -0.25) is 0 Å². The smallest absolute Gasteiger partial charge is 0.213 e. The molecule has 3 rings (SSSR count). The highest BCUT2D eigenvalue weighted by atomic mass is 79.9. The molecule has 0 aliphatic carbocycles. The zero-order chi connectivity index (χ0) is 17.5. The molecule has 1 unspecified atom stereocenters. The Kier molecular flexibility index (Phi) is 5.90. The van der Waals surface area contributed by atoms with Crippen molar-refractivity contribution in [1.29, 1.82) is 0 Å². The van der Waals surface area contributed by atoms with E-state index >= 15 is 0 Å². The lowest BCUT2D eigenvalue weighted by molar-refractivity contribution is 0.138. The van der Waals surface area contributed by atoms with E-state index in [-0.39, 0.29) is 6.10 Å². The van der Waals surface area contributed by atoms with Crippen molar-refractivity contribution in [1.82, 2.24) is 4.98 Å². The minimum absolute atomic E-state index is 0.104. The van der Waals surface area contributed by atoms with Crippen molar-refractivity contribution < 1.29 is 14.2 Å². The van der Waals surface area contributed by atoms with Crippen LogP contribution in [0.2, 0.25) is 0 Å². The van der Waals surface area contributed by atoms with Gasteiger partial charge < -0.3 is 14.2 Å². The van der Waals surface area contributed by atoms with Crippen LogP contribution in [0.3, 0.4) is 0 Å². The van der Waals surface area contributed by atoms with Gasteiger partial charge >= 0.3 is 0 Å². The van der Waals surface area contributed by atoms with Gasteiger partial charge in [-0.25, -0.2) is 4.98 Å². The fourth-order valence-corrected chi connectivity index (χ4v) is 2.52. The van der Waals surface area contributed by atoms with Crippen molar-refractivity contribution in [2.24, 2.45) is 0 Å². The van der Waals surface area contributed by atoms with Crippen LogP contribution >= 0.6 is 15.9 Å². The maximum absolute atomic E-state index is 5.80. The summed E-state index contributed by atoms with van der Waals surface area (Å²) in [7, 11) is 0. The number of benzene rings is 2. The molecule has 25 heavy (non-hydrogen) atoms. The summed E-state index contributed by atoms with van der Waals surface area (Å²) in [6, 6.07) is 20.8. The molecule has 0 amide bonds. The van der Waals surface area contributed by atoms with Crippen LogP contribution in [0.5, 0.6) is 23.1 Å². The first-order valence-corrected chi connectivity index (χ1v) is 8.72. The number of hydrogen-bond acceptors (Lipinski definition) is 4. The summed E-state index contributed by atoms with van der Waals surface area (Å²) in [6.07, 6.45) is 1.60. The molecule has 5 heteroatoms. The second kappa shape index (κ2) is 8.53. The van der Waals surface area contributed by atoms with Crippen LogP contribution in [0.1, 0.15) is 6.92 Å². The Hall–Kier alpha value is -2.53. The topological polar surface area (TPSA) is 40.6 Å². The minimum atomic E-state index is -0.104. The normalized spacial score (nSPS) is 11.6. The standard InChI is InChI=1S/C20H18BrNO3/c1-15(24-20-7-2-3-12-22-20)14-23-17-8-10-18(11-9-17)25-19-6-4-5-16(21)13-19/h2-13,15H,14H2,1H3. The predicted molar refractivity (Wildman–Crippen MR) is 100 cm³/mol. The number of pyridine rings is 1. The number of ether oxygens (including phenoxy) is 3. The summed E-state index contributed by atoms with van der Waals surface area (Å²) in [5.41, 5.74) is 0. The van der Waals surface area contributed by atoms with Gasteiger partial charge in [-0.2, -0.15) is 0 Å². The molecule has 0 aliphatic rings. The van der Waals surface area contributed by atoms with Gasteiger partial charge in [0.15, 0.2) is 0 Å². The highest BCUT2D eigenvalue weighted by Gasteiger charge is 2.06. The third-order valence-electron chi connectivity index (χ3n) is 3.30. The molecule has 0 spiro atoms. The van der Waals surface area contributed by atoms with Crippen molar-refractivity contribution >= 4 is 15.9 Å². The van der Waals surface area contributed by atoms with Crippen molar-refractivity contribution in [3.8, 4) is 23.1 Å². The summed E-state index contributed by atoms with van der Waals surface area (Å²) in [4.78, 5) is 4.13. The summed E-state index contributed by atoms with van der Waals surface area (Å²) in [6.45, 7) is 2.38. The van der Waals surface area contributed by atoms with Crippen LogP contribution in [0.15, 0.2) is 77.4 Å². The van der Waals surface area contributed by atoms with E-state index in [1.54, 1.807) is 6.20 Å². The number of aromatic nitrogens is 1. The molecular weight excluding hydrogens is 382 g/mol. The largest absolute Gasteiger partial charge is 0.490 e. The average molecular weight is 400 g/mol. The van der Waals surface area contributed by atoms with Crippen molar-refractivity contribution in [2.45, 2.75) is 13.0 Å². The molecule has 0 bridgehead atoms. The maximum Gasteiger partial charge on any atom is 0.213 e. The summed E-state index contributed by atoms with van der Waals surface area (Å²) in [5.74, 6) is 2.89. The van der Waals surface area contributed by atoms with E-state index in [1.165, 1.54) is 0 Å². The summed E-state index contributed by atoms with van der Waals surface area (Å²) in [5, 5.41) is 0. The predicted octanol–water partition coefficient (Wildman–Crippen LogP) is 5.48. The van der Waals surface area contributed by atoms with Gasteiger partial charge in [0.25, 0.3) is 0 Å². The van der Waals surface area contributed by atoms with Crippen LogP contribution in [0.4, 0.5) is 0 Å². The minimum Gasteiger partial charge on any atom is -0.490 e. The van der Waals surface area contributed by atoms with Crippen LogP contribution in [-0.4, -0.2) is 17.7 Å². The summed E-state index contributed by atoms with van der Waals surface area (Å²) < 4.78 is 18.2. The molecule has 0 saturated carbocycles. The van der Waals surface area contributed by atoms with Gasteiger partial charge in [-0.05, 0) is 55.5 Å². The average Bonchev–Trinajstić information content (AvgIpc) is 2.62. The number of nitrogens with zero attached hydrogens (tertiary/aromatic N) is 1. The lowest BCUT2D eigenvalue weighted by Crippen LogP contribution is -2.21. The van der Waals surface area contributed by atoms with Gasteiger partial charge in [0, 0.05) is 16.7 Å². The van der Waals surface area contributed by atoms with Gasteiger partial charge in [0.1, 0.15) is 30.0 Å². The van der Waals surface area contributed by atoms with Crippen LogP contribution in [0, 0.1) is 0 Å². The Morgan fingerprint density at radius 3 is 2.44 bits per heavy atom. The molecule has 4 nitrogen and oxygen atoms in total. The zero-order valence-corrected chi connectivity index (χ0v) is 15.3. The SMILES string of the molecule is CC(COc1ccc(Oc2cccc(Br)c2)cc1)Oc1ccccn1. The molecule has 0 N–H and O–H groups in total. The second-order valence-electron chi connectivity index (χ2n) is 5.44. The van der Waals surface area contributed by atoms with Crippen LogP contribution in [-0.2, 0) is 0 Å². The summed E-state index contributed by atoms with van der Waals surface area (Å²) >= 11 is 3.43. The number of hydrogen-bond donors (Lipinski definition) is 0. The highest BCUT2D eigenvalue weighted by molar-refractivity contribution is 9.10. The third-order valence-corrected chi connectivity index (χ3v) is 3.79. The van der Waals surface area contributed by atoms with Crippen molar-refractivity contribution in [2.75, 3.05) is 6.61 Å². The van der Waals surface area contributed by atoms with Crippen molar-refractivity contribution in [3.05, 3.63) is 77.4 Å². The van der Waals surface area contributed by atoms with Crippen LogP contribution < -0.4 is 14.2 Å². The van der Waals surface area contributed by atoms with E-state index in [2.05, 4.69) is 20.9 Å². The molecule has 0 radical (unpaired) electrons. The molecule has 0 saturated heterocycles. The monoisotopic (exact) mass is 399 g/mol. The Bertz CT molecular complexity index is 794. The fourth-order valence-electron chi connectivity index (χ4n) is 2.14. The lowest BCUT2D eigenvalue weighted by atomic mass is 10.3. The van der Waals surface area contributed by atoms with Crippen molar-refractivity contribution in [3.63, 3.8) is 0 Å². The van der Waals surface area contributed by atoms with Crippen LogP contribution in [0.25, 0.3) is 0 Å². The van der Waals surface area contributed by atoms with E-state index in [0.29, 0.717) is 12.5 Å². The first-order chi connectivity index (χ1) is 12.2. The van der Waals surface area contributed by atoms with E-state index in [1.807, 2.05) is 73.7 Å². The number of halogens is 1. The second-order valence-corrected chi connectivity index (χ2v) is 6.35. The molecule has 3 aromatic rings. The van der Waals surface area contributed by atoms with E-state index < -0.39 is 0 Å². The Morgan fingerprint density at radius 1 is 0.920 bits per heavy atom. The Morgan fingerprint density at radius 2 is 1.72 bits per heavy atom. The highest BCUT2D eigenvalue weighted by Crippen LogP contribution is 2.26. The molecule has 128 valence electrons. The fraction of sp³-hybridized carbons (Fsp3) is 0.150. The van der Waals surface area contributed by atoms with Gasteiger partial charge in [-0.1, -0.05) is 28.1 Å². The number of rotatable bonds is 7. The van der Waals surface area contributed by atoms with E-state index in [0.717, 1.165) is 21.7 Å². The first kappa shape index (κ1) is 17.3. The Labute approximate surface area is 155 Å². The molecule has 0 fully saturated rings. The van der Waals surface area contributed by atoms with Gasteiger partial charge in [0.2, 0.25) is 5.88 Å². The molecular formula is C20H18BrNO3. The molecule has 2 aromatic carbocycles. The maximum atomic E-state index is 5.80. The Balaban J connectivity index is 1.50. The quantitative estimate of drug-likeness (QED) is 0.527. The van der Waals surface area contributed by atoms with Gasteiger partial charge in [0.05, 0.1) is 0 Å². The zero-order valence-electron chi connectivity index (χ0n) is 13.8. The molecule has 0 aliphatic heterocycles.